The van der Waals surface area contributed by atoms with Crippen LogP contribution in [0.4, 0.5) is 28.4 Å². The molecule has 3 aliphatic rings. The summed E-state index contributed by atoms with van der Waals surface area (Å²) in [4.78, 5) is 5.16. The summed E-state index contributed by atoms with van der Waals surface area (Å²) in [5.41, 5.74) is 22.7. The molecule has 17 rings (SSSR count). The number of anilines is 5. The van der Waals surface area contributed by atoms with Gasteiger partial charge in [0.05, 0.1) is 22.7 Å². The summed E-state index contributed by atoms with van der Waals surface area (Å²) in [7, 11) is 0. The molecular weight excluding hydrogens is 1030 g/mol. The van der Waals surface area contributed by atoms with Crippen molar-refractivity contribution in [3.05, 3.63) is 282 Å². The van der Waals surface area contributed by atoms with Gasteiger partial charge in [-0.25, -0.2) is 0 Å². The van der Waals surface area contributed by atoms with E-state index < -0.39 is 5.41 Å². The molecule has 0 bridgehead atoms. The summed E-state index contributed by atoms with van der Waals surface area (Å²) in [6.45, 7) is 15.6. The number of furan rings is 2. The number of fused-ring (bicyclic) bond motifs is 9. The average molecular weight is 1100 g/mol. The van der Waals surface area contributed by atoms with E-state index >= 15 is 0 Å². The molecule has 0 saturated heterocycles. The maximum Gasteiger partial charge on any atom is 0.159 e. The number of hydrogen-bond donors (Lipinski definition) is 0. The van der Waals surface area contributed by atoms with E-state index in [9.17, 15) is 0 Å². The van der Waals surface area contributed by atoms with Crippen molar-refractivity contribution in [2.75, 3.05) is 9.80 Å². The standard InChI is InChI=1S/C79H58N2O2.C2H6/c1-46-42-43-79(5)63-45-56(51-22-11-7-12-23-51)35-41-67(63)81(74-73(79)69(46)49(4)70-61-28-16-19-48(3)76(61)83-78(70)74)65-39-33-54-30-36-59-64(38-32-53-31-37-60(65)72(54)71(53)59)80(68-29-17-27-58-57-26-15-18-47(2)75(57)82-77(58)68)66-40-34-55(50-20-9-6-10-21-50)44-62(66)52-24-13-8-14-25-52;1-2/h6-46,49,74H,1-5H3;1-2H3. The van der Waals surface area contributed by atoms with Crippen LogP contribution in [0.5, 0.6) is 0 Å². The lowest BCUT2D eigenvalue weighted by molar-refractivity contribution is 0.436. The molecular formula is C81H64N2O2. The second-order valence-corrected chi connectivity index (χ2v) is 23.7. The van der Waals surface area contributed by atoms with Gasteiger partial charge in [0.15, 0.2) is 5.58 Å². The minimum absolute atomic E-state index is 0.161. The predicted molar refractivity (Wildman–Crippen MR) is 358 cm³/mol. The normalized spacial score (nSPS) is 17.9. The smallest absolute Gasteiger partial charge is 0.159 e. The Morgan fingerprint density at radius 1 is 0.447 bits per heavy atom. The second-order valence-electron chi connectivity index (χ2n) is 23.7. The molecule has 4 unspecified atom stereocenters. The lowest BCUT2D eigenvalue weighted by atomic mass is 9.58. The van der Waals surface area contributed by atoms with Gasteiger partial charge < -0.3 is 18.6 Å². The highest BCUT2D eigenvalue weighted by molar-refractivity contribution is 6.28. The zero-order valence-electron chi connectivity index (χ0n) is 49.0. The van der Waals surface area contributed by atoms with Crippen LogP contribution in [-0.4, -0.2) is 0 Å². The first-order valence-electron chi connectivity index (χ1n) is 30.3. The van der Waals surface area contributed by atoms with E-state index in [1.165, 1.54) is 77.0 Å². The molecule has 0 N–H and O–H groups in total. The molecule has 0 saturated carbocycles. The number of aryl methyl sites for hydroxylation is 2. The van der Waals surface area contributed by atoms with Gasteiger partial charge in [0.25, 0.3) is 0 Å². The van der Waals surface area contributed by atoms with Gasteiger partial charge in [-0.2, -0.15) is 0 Å². The van der Waals surface area contributed by atoms with Gasteiger partial charge >= 0.3 is 0 Å². The Morgan fingerprint density at radius 3 is 1.71 bits per heavy atom. The predicted octanol–water partition coefficient (Wildman–Crippen LogP) is 23.1. The highest BCUT2D eigenvalue weighted by Crippen LogP contribution is 2.65. The van der Waals surface area contributed by atoms with Crippen LogP contribution in [0.3, 0.4) is 0 Å². The Labute approximate surface area is 496 Å². The maximum atomic E-state index is 7.43. The molecule has 0 radical (unpaired) electrons. The van der Waals surface area contributed by atoms with E-state index in [4.69, 9.17) is 8.83 Å². The van der Waals surface area contributed by atoms with Crippen LogP contribution >= 0.6 is 0 Å². The molecule has 85 heavy (non-hydrogen) atoms. The van der Waals surface area contributed by atoms with Crippen molar-refractivity contribution in [2.24, 2.45) is 5.92 Å². The van der Waals surface area contributed by atoms with Crippen LogP contribution in [-0.2, 0) is 5.41 Å². The van der Waals surface area contributed by atoms with Crippen LogP contribution < -0.4 is 9.80 Å². The van der Waals surface area contributed by atoms with Crippen molar-refractivity contribution >= 4 is 93.7 Å². The Bertz CT molecular complexity index is 5060. The number of rotatable bonds is 7. The molecule has 0 amide bonds. The molecule has 3 heterocycles. The van der Waals surface area contributed by atoms with E-state index in [1.807, 2.05) is 13.8 Å². The van der Waals surface area contributed by atoms with Gasteiger partial charge in [0, 0.05) is 55.1 Å². The van der Waals surface area contributed by atoms with Crippen LogP contribution in [0.15, 0.2) is 263 Å². The maximum absolute atomic E-state index is 7.43. The van der Waals surface area contributed by atoms with Gasteiger partial charge in [-0.1, -0.05) is 233 Å². The molecule has 4 nitrogen and oxygen atoms in total. The van der Waals surface area contributed by atoms with Crippen LogP contribution in [0.2, 0.25) is 0 Å². The largest absolute Gasteiger partial charge is 0.458 e. The summed E-state index contributed by atoms with van der Waals surface area (Å²) in [5, 5.41) is 10.6. The van der Waals surface area contributed by atoms with Crippen molar-refractivity contribution in [2.45, 2.75) is 65.8 Å². The Hall–Kier alpha value is -9.90. The Kier molecular flexibility index (Phi) is 11.6. The third-order valence-electron chi connectivity index (χ3n) is 19.2. The monoisotopic (exact) mass is 1100 g/mol. The molecule has 12 aromatic carbocycles. The summed E-state index contributed by atoms with van der Waals surface area (Å²) < 4.78 is 14.6. The van der Waals surface area contributed by atoms with Crippen LogP contribution in [0.1, 0.15) is 74.6 Å². The first kappa shape index (κ1) is 50.8. The summed E-state index contributed by atoms with van der Waals surface area (Å²) in [5.74, 6) is 1.46. The van der Waals surface area contributed by atoms with E-state index in [-0.39, 0.29) is 17.9 Å². The van der Waals surface area contributed by atoms with Gasteiger partial charge in [0.1, 0.15) is 23.0 Å². The number of allylic oxidation sites excluding steroid dienone is 3. The summed E-state index contributed by atoms with van der Waals surface area (Å²) in [6.07, 6.45) is 5.00. The Morgan fingerprint density at radius 2 is 1.00 bits per heavy atom. The summed E-state index contributed by atoms with van der Waals surface area (Å²) in [6, 6.07) is 85.1. The summed E-state index contributed by atoms with van der Waals surface area (Å²) >= 11 is 0. The number of nitrogens with zero attached hydrogens (tertiary/aromatic N) is 2. The lowest BCUT2D eigenvalue weighted by Crippen LogP contribution is -2.45. The third kappa shape index (κ3) is 7.40. The average Bonchev–Trinajstić information content (AvgIpc) is 1.79. The molecule has 14 aromatic rings. The SMILES string of the molecule is CC.Cc1cccc2c3c(oc12)C1C2=C(C(C)C=CC2(C)c2cc(-c4ccccc4)ccc2N1c1ccc2ccc4c(N(c5ccc(-c6ccccc6)cc5-c5ccccc5)c5cccc6c5oc5c(C)cccc56)ccc5ccc1c2c54)C3C. The number of benzene rings is 12. The zero-order valence-corrected chi connectivity index (χ0v) is 49.0. The quantitative estimate of drug-likeness (QED) is 0.118. The zero-order chi connectivity index (χ0) is 57.4. The van der Waals surface area contributed by atoms with E-state index in [2.05, 4.69) is 287 Å². The third-order valence-corrected chi connectivity index (χ3v) is 19.2. The minimum Gasteiger partial charge on any atom is -0.458 e. The second kappa shape index (κ2) is 19.3. The van der Waals surface area contributed by atoms with Crippen LogP contribution in [0, 0.1) is 19.8 Å². The Balaban J connectivity index is 0.00000291. The number of hydrogen-bond acceptors (Lipinski definition) is 4. The topological polar surface area (TPSA) is 32.8 Å². The van der Waals surface area contributed by atoms with E-state index in [0.717, 1.165) is 89.2 Å². The van der Waals surface area contributed by atoms with E-state index in [1.54, 1.807) is 0 Å². The van der Waals surface area contributed by atoms with E-state index in [0.29, 0.717) is 0 Å². The van der Waals surface area contributed by atoms with Gasteiger partial charge in [-0.15, -0.1) is 0 Å². The van der Waals surface area contributed by atoms with Crippen molar-refractivity contribution in [3.63, 3.8) is 0 Å². The molecule has 2 aliphatic carbocycles. The molecule has 4 atom stereocenters. The number of para-hydroxylation sites is 3. The van der Waals surface area contributed by atoms with Gasteiger partial charge in [-0.05, 0) is 141 Å². The highest BCUT2D eigenvalue weighted by Gasteiger charge is 2.53. The van der Waals surface area contributed by atoms with Crippen molar-refractivity contribution in [1.82, 2.24) is 0 Å². The van der Waals surface area contributed by atoms with Crippen molar-refractivity contribution in [3.8, 4) is 33.4 Å². The first-order valence-corrected chi connectivity index (χ1v) is 30.3. The fraction of sp³-hybridized carbons (Fsp3) is 0.136. The molecule has 1 aliphatic heterocycles. The molecule has 0 fully saturated rings. The van der Waals surface area contributed by atoms with Gasteiger partial charge in [-0.3, -0.25) is 0 Å². The van der Waals surface area contributed by atoms with Crippen LogP contribution in [0.25, 0.3) is 98.6 Å². The molecule has 4 heteroatoms. The fourth-order valence-electron chi connectivity index (χ4n) is 15.3. The molecule has 410 valence electrons. The van der Waals surface area contributed by atoms with Gasteiger partial charge in [0.2, 0.25) is 0 Å². The van der Waals surface area contributed by atoms with Crippen molar-refractivity contribution < 1.29 is 8.83 Å². The molecule has 0 spiro atoms. The fourth-order valence-corrected chi connectivity index (χ4v) is 15.3. The van der Waals surface area contributed by atoms with Crippen molar-refractivity contribution in [1.29, 1.82) is 0 Å². The highest BCUT2D eigenvalue weighted by atomic mass is 16.3. The molecule has 2 aromatic heterocycles. The first-order chi connectivity index (χ1) is 41.7. The lowest BCUT2D eigenvalue weighted by Gasteiger charge is -2.53. The minimum atomic E-state index is -0.398.